The molecule has 0 saturated carbocycles. The average molecular weight is 308 g/mol. The maximum atomic E-state index is 12.9. The molecule has 2 aromatic rings. The second-order valence-electron chi connectivity index (χ2n) is 5.89. The summed E-state index contributed by atoms with van der Waals surface area (Å²) in [7, 11) is -3.61. The summed E-state index contributed by atoms with van der Waals surface area (Å²) in [5, 5.41) is 0.0857. The van der Waals surface area contributed by atoms with E-state index in [9.17, 15) is 8.42 Å². The fourth-order valence-corrected chi connectivity index (χ4v) is 4.58. The van der Waals surface area contributed by atoms with E-state index in [0.717, 1.165) is 6.42 Å². The molecule has 0 aromatic carbocycles. The third-order valence-electron chi connectivity index (χ3n) is 4.23. The van der Waals surface area contributed by atoms with Crippen LogP contribution in [0.5, 0.6) is 0 Å². The SMILES string of the molecule is CC(C)C1CCN(S(=O)(=O)c2c(N)nc3ccccn23)C1. The lowest BCUT2D eigenvalue weighted by Crippen LogP contribution is -2.31. The summed E-state index contributed by atoms with van der Waals surface area (Å²) in [4.78, 5) is 4.14. The minimum atomic E-state index is -3.61. The van der Waals surface area contributed by atoms with Crippen molar-refractivity contribution >= 4 is 21.5 Å². The molecule has 3 heterocycles. The van der Waals surface area contributed by atoms with E-state index in [1.54, 1.807) is 22.7 Å². The van der Waals surface area contributed by atoms with Crippen LogP contribution in [0.2, 0.25) is 0 Å². The fraction of sp³-hybridized carbons (Fsp3) is 0.500. The van der Waals surface area contributed by atoms with Gasteiger partial charge in [-0.25, -0.2) is 13.4 Å². The van der Waals surface area contributed by atoms with Crippen molar-refractivity contribution in [3.8, 4) is 0 Å². The van der Waals surface area contributed by atoms with E-state index >= 15 is 0 Å². The Hall–Kier alpha value is -1.60. The van der Waals surface area contributed by atoms with Gasteiger partial charge in [0.15, 0.2) is 10.8 Å². The predicted octanol–water partition coefficient (Wildman–Crippen LogP) is 1.58. The summed E-state index contributed by atoms with van der Waals surface area (Å²) in [6.07, 6.45) is 2.58. The van der Waals surface area contributed by atoms with E-state index in [-0.39, 0.29) is 10.8 Å². The van der Waals surface area contributed by atoms with Crippen molar-refractivity contribution in [2.45, 2.75) is 25.3 Å². The zero-order valence-corrected chi connectivity index (χ0v) is 13.0. The topological polar surface area (TPSA) is 80.7 Å². The highest BCUT2D eigenvalue weighted by Gasteiger charge is 2.36. The van der Waals surface area contributed by atoms with Crippen molar-refractivity contribution in [1.29, 1.82) is 0 Å². The number of imidazole rings is 1. The van der Waals surface area contributed by atoms with Crippen LogP contribution in [-0.4, -0.2) is 35.2 Å². The summed E-state index contributed by atoms with van der Waals surface area (Å²) >= 11 is 0. The van der Waals surface area contributed by atoms with Gasteiger partial charge in [-0.15, -0.1) is 0 Å². The molecule has 1 aliphatic rings. The zero-order valence-electron chi connectivity index (χ0n) is 12.2. The molecule has 1 aliphatic heterocycles. The van der Waals surface area contributed by atoms with Gasteiger partial charge in [0, 0.05) is 19.3 Å². The summed E-state index contributed by atoms with van der Waals surface area (Å²) in [6, 6.07) is 5.33. The van der Waals surface area contributed by atoms with E-state index in [1.165, 1.54) is 4.31 Å². The van der Waals surface area contributed by atoms with Gasteiger partial charge in [-0.2, -0.15) is 4.31 Å². The molecule has 2 N–H and O–H groups in total. The number of nitrogens with zero attached hydrogens (tertiary/aromatic N) is 3. The normalized spacial score (nSPS) is 20.6. The Kier molecular flexibility index (Phi) is 3.41. The van der Waals surface area contributed by atoms with Gasteiger partial charge in [0.2, 0.25) is 0 Å². The summed E-state index contributed by atoms with van der Waals surface area (Å²) < 4.78 is 28.8. The summed E-state index contributed by atoms with van der Waals surface area (Å²) in [5.74, 6) is 0.944. The van der Waals surface area contributed by atoms with Crippen molar-refractivity contribution < 1.29 is 8.42 Å². The molecule has 2 aromatic heterocycles. The molecule has 0 radical (unpaired) electrons. The molecular formula is C14H20N4O2S. The molecule has 0 spiro atoms. The van der Waals surface area contributed by atoms with E-state index in [1.807, 2.05) is 6.07 Å². The van der Waals surface area contributed by atoms with Gasteiger partial charge < -0.3 is 5.73 Å². The Bertz CT molecular complexity index is 766. The van der Waals surface area contributed by atoms with Crippen LogP contribution in [0.3, 0.4) is 0 Å². The molecule has 0 bridgehead atoms. The van der Waals surface area contributed by atoms with E-state index in [0.29, 0.717) is 30.6 Å². The average Bonchev–Trinajstić information content (AvgIpc) is 3.02. The number of hydrogen-bond acceptors (Lipinski definition) is 4. The highest BCUT2D eigenvalue weighted by atomic mass is 32.2. The van der Waals surface area contributed by atoms with Gasteiger partial charge in [-0.1, -0.05) is 19.9 Å². The molecule has 3 rings (SSSR count). The number of aromatic nitrogens is 2. The Morgan fingerprint density at radius 1 is 1.38 bits per heavy atom. The van der Waals surface area contributed by atoms with Gasteiger partial charge in [-0.05, 0) is 30.4 Å². The van der Waals surface area contributed by atoms with Gasteiger partial charge in [0.25, 0.3) is 10.0 Å². The molecule has 1 fully saturated rings. The number of hydrogen-bond donors (Lipinski definition) is 1. The molecule has 114 valence electrons. The highest BCUT2D eigenvalue weighted by molar-refractivity contribution is 7.89. The number of anilines is 1. The smallest absolute Gasteiger partial charge is 0.262 e. The van der Waals surface area contributed by atoms with E-state index in [4.69, 9.17) is 5.73 Å². The first-order valence-corrected chi connectivity index (χ1v) is 8.58. The Balaban J connectivity index is 2.04. The molecule has 21 heavy (non-hydrogen) atoms. The Morgan fingerprint density at radius 3 is 2.81 bits per heavy atom. The number of nitrogens with two attached hydrogens (primary N) is 1. The molecule has 1 unspecified atom stereocenters. The Labute approximate surface area is 124 Å². The van der Waals surface area contributed by atoms with Crippen LogP contribution in [0.25, 0.3) is 5.65 Å². The summed E-state index contributed by atoms with van der Waals surface area (Å²) in [6.45, 7) is 5.36. The van der Waals surface area contributed by atoms with Crippen molar-refractivity contribution in [2.75, 3.05) is 18.8 Å². The predicted molar refractivity (Wildman–Crippen MR) is 81.3 cm³/mol. The minimum Gasteiger partial charge on any atom is -0.381 e. The van der Waals surface area contributed by atoms with Crippen molar-refractivity contribution in [2.24, 2.45) is 11.8 Å². The van der Waals surface area contributed by atoms with Crippen molar-refractivity contribution in [3.05, 3.63) is 24.4 Å². The zero-order chi connectivity index (χ0) is 15.2. The lowest BCUT2D eigenvalue weighted by atomic mass is 9.96. The lowest BCUT2D eigenvalue weighted by Gasteiger charge is -2.18. The van der Waals surface area contributed by atoms with Crippen LogP contribution in [0.4, 0.5) is 5.82 Å². The van der Waals surface area contributed by atoms with Crippen LogP contribution < -0.4 is 5.73 Å². The van der Waals surface area contributed by atoms with Crippen LogP contribution in [0.1, 0.15) is 20.3 Å². The summed E-state index contributed by atoms with van der Waals surface area (Å²) in [5.41, 5.74) is 6.41. The van der Waals surface area contributed by atoms with Crippen LogP contribution >= 0.6 is 0 Å². The molecule has 6 nitrogen and oxygen atoms in total. The van der Waals surface area contributed by atoms with Crippen molar-refractivity contribution in [1.82, 2.24) is 13.7 Å². The Morgan fingerprint density at radius 2 is 2.14 bits per heavy atom. The first-order chi connectivity index (χ1) is 9.91. The maximum absolute atomic E-state index is 12.9. The molecule has 1 saturated heterocycles. The number of pyridine rings is 1. The van der Waals surface area contributed by atoms with Gasteiger partial charge in [0.1, 0.15) is 5.65 Å². The number of nitrogen functional groups attached to an aromatic ring is 1. The molecular weight excluding hydrogens is 288 g/mol. The quantitative estimate of drug-likeness (QED) is 0.933. The molecule has 0 aliphatic carbocycles. The van der Waals surface area contributed by atoms with Gasteiger partial charge >= 0.3 is 0 Å². The standard InChI is InChI=1S/C14H20N4O2S/c1-10(2)11-6-8-17(9-11)21(19,20)14-13(15)16-12-5-3-4-7-18(12)14/h3-5,7,10-11H,6,8-9,15H2,1-2H3. The fourth-order valence-electron chi connectivity index (χ4n) is 2.89. The monoisotopic (exact) mass is 308 g/mol. The largest absolute Gasteiger partial charge is 0.381 e. The highest BCUT2D eigenvalue weighted by Crippen LogP contribution is 2.30. The number of rotatable bonds is 3. The third-order valence-corrected chi connectivity index (χ3v) is 6.13. The molecule has 0 amide bonds. The van der Waals surface area contributed by atoms with Gasteiger partial charge in [-0.3, -0.25) is 4.40 Å². The van der Waals surface area contributed by atoms with Gasteiger partial charge in [0.05, 0.1) is 0 Å². The van der Waals surface area contributed by atoms with Crippen LogP contribution in [0.15, 0.2) is 29.4 Å². The molecule has 7 heteroatoms. The van der Waals surface area contributed by atoms with Crippen molar-refractivity contribution in [3.63, 3.8) is 0 Å². The first kappa shape index (κ1) is 14.3. The minimum absolute atomic E-state index is 0.0641. The van der Waals surface area contributed by atoms with Crippen LogP contribution in [-0.2, 0) is 10.0 Å². The second-order valence-corrected chi connectivity index (χ2v) is 7.74. The van der Waals surface area contributed by atoms with Crippen LogP contribution in [0, 0.1) is 11.8 Å². The first-order valence-electron chi connectivity index (χ1n) is 7.14. The lowest BCUT2D eigenvalue weighted by molar-refractivity contribution is 0.388. The molecule has 1 atom stereocenters. The van der Waals surface area contributed by atoms with E-state index < -0.39 is 10.0 Å². The third kappa shape index (κ3) is 2.30. The number of fused-ring (bicyclic) bond motifs is 1. The maximum Gasteiger partial charge on any atom is 0.262 e. The second kappa shape index (κ2) is 4.99. The number of sulfonamides is 1. The van der Waals surface area contributed by atoms with E-state index in [2.05, 4.69) is 18.8 Å².